The van der Waals surface area contributed by atoms with Crippen molar-refractivity contribution in [2.45, 2.75) is 25.9 Å². The number of hydrogen-bond donors (Lipinski definition) is 2. The molecule has 0 aromatic carbocycles. The molecule has 0 unspecified atom stereocenters. The second-order valence-electron chi connectivity index (χ2n) is 4.55. The first kappa shape index (κ1) is 14.2. The molecule has 0 atom stereocenters. The first-order valence-electron chi connectivity index (χ1n) is 5.59. The summed E-state index contributed by atoms with van der Waals surface area (Å²) in [5, 5.41) is 0. The van der Waals surface area contributed by atoms with Crippen LogP contribution >= 0.6 is 0 Å². The van der Waals surface area contributed by atoms with Crippen LogP contribution in [-0.4, -0.2) is 30.2 Å². The van der Waals surface area contributed by atoms with Gasteiger partial charge < -0.3 is 20.9 Å². The third-order valence-corrected chi connectivity index (χ3v) is 2.63. The van der Waals surface area contributed by atoms with E-state index in [4.69, 9.17) is 20.9 Å². The van der Waals surface area contributed by atoms with E-state index < -0.39 is 5.91 Å². The summed E-state index contributed by atoms with van der Waals surface area (Å²) in [6.45, 7) is 4.27. The smallest absolute Gasteiger partial charge is 0.254 e. The highest BCUT2D eigenvalue weighted by Crippen LogP contribution is 2.19. The van der Waals surface area contributed by atoms with Crippen LogP contribution in [0.15, 0.2) is 12.3 Å². The minimum absolute atomic E-state index is 0.185. The fourth-order valence-electron chi connectivity index (χ4n) is 1.26. The van der Waals surface area contributed by atoms with Crippen LogP contribution in [0, 0.1) is 0 Å². The molecule has 6 nitrogen and oxygen atoms in total. The number of amides is 1. The Labute approximate surface area is 106 Å². The molecule has 100 valence electrons. The largest absolute Gasteiger partial charge is 0.477 e. The number of aromatic nitrogens is 1. The van der Waals surface area contributed by atoms with Crippen molar-refractivity contribution in [3.63, 3.8) is 0 Å². The average molecular weight is 253 g/mol. The number of anilines is 1. The third kappa shape index (κ3) is 3.89. The zero-order chi connectivity index (χ0) is 13.8. The van der Waals surface area contributed by atoms with Gasteiger partial charge in [-0.15, -0.1) is 0 Å². The molecule has 0 spiro atoms. The predicted octanol–water partition coefficient (Wildman–Crippen LogP) is 0.957. The molecule has 0 aliphatic heterocycles. The number of carbonyl (C=O) groups excluding carboxylic acids is 1. The van der Waals surface area contributed by atoms with Gasteiger partial charge in [0, 0.05) is 13.5 Å². The van der Waals surface area contributed by atoms with Gasteiger partial charge in [0.2, 0.25) is 5.88 Å². The highest BCUT2D eigenvalue weighted by molar-refractivity contribution is 5.95. The van der Waals surface area contributed by atoms with E-state index in [0.717, 1.165) is 0 Å². The van der Waals surface area contributed by atoms with E-state index in [0.29, 0.717) is 18.7 Å². The molecule has 0 bridgehead atoms. The van der Waals surface area contributed by atoms with Gasteiger partial charge in [-0.3, -0.25) is 4.79 Å². The van der Waals surface area contributed by atoms with E-state index in [1.165, 1.54) is 12.3 Å². The van der Waals surface area contributed by atoms with Crippen molar-refractivity contribution in [1.82, 2.24) is 4.98 Å². The molecule has 1 rings (SSSR count). The average Bonchev–Trinajstić information content (AvgIpc) is 2.30. The van der Waals surface area contributed by atoms with E-state index in [-0.39, 0.29) is 17.0 Å². The zero-order valence-corrected chi connectivity index (χ0v) is 10.9. The third-order valence-electron chi connectivity index (χ3n) is 2.63. The van der Waals surface area contributed by atoms with Crippen molar-refractivity contribution in [3.05, 3.63) is 17.8 Å². The van der Waals surface area contributed by atoms with Gasteiger partial charge in [0.15, 0.2) is 0 Å². The Morgan fingerprint density at radius 3 is 2.72 bits per heavy atom. The molecule has 18 heavy (non-hydrogen) atoms. The Morgan fingerprint density at radius 2 is 2.17 bits per heavy atom. The Kier molecular flexibility index (Phi) is 4.49. The quantitative estimate of drug-likeness (QED) is 0.786. The van der Waals surface area contributed by atoms with E-state index in [2.05, 4.69) is 4.98 Å². The number of pyridine rings is 1. The summed E-state index contributed by atoms with van der Waals surface area (Å²) in [6, 6.07) is 1.45. The molecule has 0 radical (unpaired) electrons. The summed E-state index contributed by atoms with van der Waals surface area (Å²) >= 11 is 0. The standard InChI is InChI=1S/C12H19N3O3/c1-12(2,17-3)4-5-18-11-9(10(14)16)6-8(13)7-15-11/h6-7H,4-5,13H2,1-3H3,(H2,14,16). The molecule has 1 aromatic heterocycles. The van der Waals surface area contributed by atoms with Crippen LogP contribution in [-0.2, 0) is 4.74 Å². The topological polar surface area (TPSA) is 100 Å². The minimum atomic E-state index is -0.615. The van der Waals surface area contributed by atoms with Gasteiger partial charge >= 0.3 is 0 Å². The van der Waals surface area contributed by atoms with Crippen LogP contribution in [0.2, 0.25) is 0 Å². The molecule has 0 aliphatic rings. The van der Waals surface area contributed by atoms with Crippen molar-refractivity contribution >= 4 is 11.6 Å². The van der Waals surface area contributed by atoms with Crippen molar-refractivity contribution < 1.29 is 14.3 Å². The van der Waals surface area contributed by atoms with Crippen LogP contribution in [0.25, 0.3) is 0 Å². The number of hydrogen-bond acceptors (Lipinski definition) is 5. The molecule has 1 heterocycles. The molecule has 0 saturated carbocycles. The maximum Gasteiger partial charge on any atom is 0.254 e. The van der Waals surface area contributed by atoms with Gasteiger partial charge in [-0.25, -0.2) is 4.98 Å². The lowest BCUT2D eigenvalue weighted by Crippen LogP contribution is -2.25. The molecule has 1 amide bonds. The lowest BCUT2D eigenvalue weighted by atomic mass is 10.1. The Morgan fingerprint density at radius 1 is 1.50 bits per heavy atom. The molecule has 0 aliphatic carbocycles. The number of nitrogens with zero attached hydrogens (tertiary/aromatic N) is 1. The molecule has 0 fully saturated rings. The van der Waals surface area contributed by atoms with Gasteiger partial charge in [0.25, 0.3) is 5.91 Å². The highest BCUT2D eigenvalue weighted by Gasteiger charge is 2.17. The number of ether oxygens (including phenoxy) is 2. The zero-order valence-electron chi connectivity index (χ0n) is 10.9. The van der Waals surface area contributed by atoms with Crippen LogP contribution < -0.4 is 16.2 Å². The van der Waals surface area contributed by atoms with Crippen molar-refractivity contribution in [2.75, 3.05) is 19.5 Å². The van der Waals surface area contributed by atoms with Crippen LogP contribution in [0.3, 0.4) is 0 Å². The Hall–Kier alpha value is -1.82. The lowest BCUT2D eigenvalue weighted by Gasteiger charge is -2.22. The lowest BCUT2D eigenvalue weighted by molar-refractivity contribution is 0.00504. The van der Waals surface area contributed by atoms with Crippen LogP contribution in [0.4, 0.5) is 5.69 Å². The van der Waals surface area contributed by atoms with Gasteiger partial charge in [-0.1, -0.05) is 0 Å². The maximum absolute atomic E-state index is 11.2. The predicted molar refractivity (Wildman–Crippen MR) is 68.4 cm³/mol. The van der Waals surface area contributed by atoms with Crippen LogP contribution in [0.5, 0.6) is 5.88 Å². The van der Waals surface area contributed by atoms with Crippen LogP contribution in [0.1, 0.15) is 30.6 Å². The van der Waals surface area contributed by atoms with E-state index in [1.54, 1.807) is 7.11 Å². The second-order valence-corrected chi connectivity index (χ2v) is 4.55. The molecule has 1 aromatic rings. The van der Waals surface area contributed by atoms with Gasteiger partial charge in [0.05, 0.1) is 24.1 Å². The Balaban J connectivity index is 2.70. The summed E-state index contributed by atoms with van der Waals surface area (Å²) in [5.41, 5.74) is 11.0. The first-order chi connectivity index (χ1) is 8.35. The van der Waals surface area contributed by atoms with E-state index >= 15 is 0 Å². The normalized spacial score (nSPS) is 11.3. The summed E-state index contributed by atoms with van der Waals surface area (Å²) in [4.78, 5) is 15.2. The SMILES string of the molecule is COC(C)(C)CCOc1ncc(N)cc1C(N)=O. The summed E-state index contributed by atoms with van der Waals surface area (Å²) in [6.07, 6.45) is 2.08. The van der Waals surface area contributed by atoms with Gasteiger partial charge in [-0.05, 0) is 19.9 Å². The fraction of sp³-hybridized carbons (Fsp3) is 0.500. The highest BCUT2D eigenvalue weighted by atomic mass is 16.5. The van der Waals surface area contributed by atoms with Crippen molar-refractivity contribution in [2.24, 2.45) is 5.73 Å². The monoisotopic (exact) mass is 253 g/mol. The number of rotatable bonds is 6. The van der Waals surface area contributed by atoms with Crippen molar-refractivity contribution in [1.29, 1.82) is 0 Å². The van der Waals surface area contributed by atoms with E-state index in [9.17, 15) is 4.79 Å². The number of carbonyl (C=O) groups is 1. The summed E-state index contributed by atoms with van der Waals surface area (Å²) in [5.74, 6) is -0.417. The second kappa shape index (κ2) is 5.68. The Bertz CT molecular complexity index is 433. The molecule has 4 N–H and O–H groups in total. The summed E-state index contributed by atoms with van der Waals surface area (Å²) in [7, 11) is 1.64. The maximum atomic E-state index is 11.2. The number of nitrogens with two attached hydrogens (primary N) is 2. The van der Waals surface area contributed by atoms with Gasteiger partial charge in [-0.2, -0.15) is 0 Å². The number of nitrogen functional groups attached to an aromatic ring is 1. The molecular formula is C12H19N3O3. The van der Waals surface area contributed by atoms with Crippen molar-refractivity contribution in [3.8, 4) is 5.88 Å². The first-order valence-corrected chi connectivity index (χ1v) is 5.59. The van der Waals surface area contributed by atoms with E-state index in [1.807, 2.05) is 13.8 Å². The van der Waals surface area contributed by atoms with Gasteiger partial charge in [0.1, 0.15) is 5.56 Å². The molecule has 6 heteroatoms. The molecular weight excluding hydrogens is 234 g/mol. The number of primary amides is 1. The fourth-order valence-corrected chi connectivity index (χ4v) is 1.26. The molecule has 0 saturated heterocycles. The summed E-state index contributed by atoms with van der Waals surface area (Å²) < 4.78 is 10.7. The number of methoxy groups -OCH3 is 1. The minimum Gasteiger partial charge on any atom is -0.477 e.